The lowest BCUT2D eigenvalue weighted by Crippen LogP contribution is -2.02. The fraction of sp³-hybridized carbons (Fsp3) is 0. The van der Waals surface area contributed by atoms with Crippen molar-refractivity contribution < 1.29 is 4.79 Å². The van der Waals surface area contributed by atoms with Gasteiger partial charge in [0.25, 0.3) is 0 Å². The van der Waals surface area contributed by atoms with E-state index in [4.69, 9.17) is 23.2 Å². The molecule has 0 aliphatic heterocycles. The van der Waals surface area contributed by atoms with Crippen LogP contribution in [0.4, 0.5) is 0 Å². The van der Waals surface area contributed by atoms with Crippen LogP contribution in [0.3, 0.4) is 0 Å². The molecule has 0 aliphatic rings. The molecule has 0 saturated heterocycles. The fourth-order valence-electron chi connectivity index (χ4n) is 1.99. The van der Waals surface area contributed by atoms with Gasteiger partial charge in [0.2, 0.25) is 0 Å². The van der Waals surface area contributed by atoms with Gasteiger partial charge in [0.05, 0.1) is 5.56 Å². The first-order valence-corrected chi connectivity index (χ1v) is 6.34. The molecule has 19 heavy (non-hydrogen) atoms. The average molecular weight is 291 g/mol. The van der Waals surface area contributed by atoms with Crippen LogP contribution in [-0.2, 0) is 0 Å². The number of carbonyl (C=O) groups is 1. The highest BCUT2D eigenvalue weighted by Crippen LogP contribution is 2.25. The summed E-state index contributed by atoms with van der Waals surface area (Å²) < 4.78 is 0. The number of aromatic amines is 1. The molecule has 0 amide bonds. The minimum atomic E-state index is -0.160. The molecule has 1 aromatic carbocycles. The molecule has 0 fully saturated rings. The Hall–Kier alpha value is -1.84. The maximum Gasteiger partial charge on any atom is 0.198 e. The number of carbonyl (C=O) groups excluding carboxylic acids is 1. The summed E-state index contributed by atoms with van der Waals surface area (Å²) in [6.45, 7) is 0. The largest absolute Gasteiger partial charge is 0.360 e. The lowest BCUT2D eigenvalue weighted by Gasteiger charge is -2.01. The lowest BCUT2D eigenvalue weighted by atomic mass is 10.0. The van der Waals surface area contributed by atoms with Gasteiger partial charge >= 0.3 is 0 Å². The van der Waals surface area contributed by atoms with Crippen LogP contribution in [0.25, 0.3) is 10.9 Å². The van der Waals surface area contributed by atoms with Crippen molar-refractivity contribution in [1.82, 2.24) is 9.97 Å². The predicted molar refractivity (Wildman–Crippen MR) is 76.0 cm³/mol. The van der Waals surface area contributed by atoms with Gasteiger partial charge in [0.15, 0.2) is 5.78 Å². The third-order valence-corrected chi connectivity index (χ3v) is 3.43. The van der Waals surface area contributed by atoms with Gasteiger partial charge in [-0.15, -0.1) is 0 Å². The number of fused-ring (bicyclic) bond motifs is 1. The number of rotatable bonds is 2. The number of nitrogens with zero attached hydrogens (tertiary/aromatic N) is 1. The van der Waals surface area contributed by atoms with E-state index in [-0.39, 0.29) is 10.9 Å². The molecule has 0 aliphatic carbocycles. The maximum atomic E-state index is 12.4. The molecular formula is C14H8Cl2N2O. The summed E-state index contributed by atoms with van der Waals surface area (Å²) in [6.07, 6.45) is 3.21. The smallest absolute Gasteiger partial charge is 0.198 e. The zero-order valence-electron chi connectivity index (χ0n) is 9.65. The normalized spacial score (nSPS) is 10.8. The van der Waals surface area contributed by atoms with E-state index in [0.717, 1.165) is 10.9 Å². The first-order valence-electron chi connectivity index (χ1n) is 5.58. The minimum Gasteiger partial charge on any atom is -0.360 e. The first kappa shape index (κ1) is 12.2. The number of nitrogens with one attached hydrogen (secondary N) is 1. The summed E-state index contributed by atoms with van der Waals surface area (Å²) >= 11 is 11.9. The van der Waals surface area contributed by atoms with Gasteiger partial charge in [-0.1, -0.05) is 29.3 Å². The zero-order valence-corrected chi connectivity index (χ0v) is 11.2. The first-order chi connectivity index (χ1) is 9.16. The average Bonchev–Trinajstić information content (AvgIpc) is 2.81. The van der Waals surface area contributed by atoms with Crippen molar-refractivity contribution >= 4 is 39.9 Å². The molecular weight excluding hydrogens is 283 g/mol. The maximum absolute atomic E-state index is 12.4. The molecule has 0 atom stereocenters. The Bertz CT molecular complexity index is 780. The van der Waals surface area contributed by atoms with E-state index >= 15 is 0 Å². The van der Waals surface area contributed by atoms with Crippen LogP contribution < -0.4 is 0 Å². The highest BCUT2D eigenvalue weighted by molar-refractivity contribution is 6.34. The minimum absolute atomic E-state index is 0.160. The van der Waals surface area contributed by atoms with E-state index in [0.29, 0.717) is 16.1 Å². The Morgan fingerprint density at radius 2 is 2.00 bits per heavy atom. The molecule has 0 unspecified atom stereocenters. The summed E-state index contributed by atoms with van der Waals surface area (Å²) in [5.41, 5.74) is 1.76. The Balaban J connectivity index is 2.15. The van der Waals surface area contributed by atoms with Crippen molar-refractivity contribution in [3.8, 4) is 0 Å². The van der Waals surface area contributed by atoms with Crippen molar-refractivity contribution in [3.63, 3.8) is 0 Å². The molecule has 5 heteroatoms. The number of halogens is 2. The van der Waals surface area contributed by atoms with Gasteiger partial charge in [-0.3, -0.25) is 4.79 Å². The van der Waals surface area contributed by atoms with Crippen molar-refractivity contribution in [2.45, 2.75) is 0 Å². The Morgan fingerprint density at radius 1 is 1.16 bits per heavy atom. The van der Waals surface area contributed by atoms with Gasteiger partial charge in [-0.25, -0.2) is 4.98 Å². The Morgan fingerprint density at radius 3 is 2.79 bits per heavy atom. The number of hydrogen-bond donors (Lipinski definition) is 1. The van der Waals surface area contributed by atoms with Crippen LogP contribution in [0.2, 0.25) is 10.2 Å². The molecule has 3 nitrogen and oxygen atoms in total. The van der Waals surface area contributed by atoms with E-state index in [1.54, 1.807) is 36.7 Å². The van der Waals surface area contributed by atoms with Crippen molar-refractivity contribution in [3.05, 3.63) is 64.0 Å². The molecule has 0 spiro atoms. The van der Waals surface area contributed by atoms with Crippen LogP contribution in [0.5, 0.6) is 0 Å². The standard InChI is InChI=1S/C14H8Cl2N2O/c15-8-3-4-9-11(7-18-12(9)6-8)13(19)10-2-1-5-17-14(10)16/h1-7,18H. The number of ketones is 1. The quantitative estimate of drug-likeness (QED) is 0.570. The van der Waals surface area contributed by atoms with Crippen molar-refractivity contribution in [2.75, 3.05) is 0 Å². The number of aromatic nitrogens is 2. The third-order valence-electron chi connectivity index (χ3n) is 2.89. The molecule has 0 saturated carbocycles. The van der Waals surface area contributed by atoms with E-state index < -0.39 is 0 Å². The predicted octanol–water partition coefficient (Wildman–Crippen LogP) is 4.10. The number of benzene rings is 1. The molecule has 3 aromatic rings. The summed E-state index contributed by atoms with van der Waals surface area (Å²) in [5, 5.41) is 1.64. The zero-order chi connectivity index (χ0) is 13.4. The summed E-state index contributed by atoms with van der Waals surface area (Å²) in [6, 6.07) is 8.68. The topological polar surface area (TPSA) is 45.8 Å². The van der Waals surface area contributed by atoms with Crippen molar-refractivity contribution in [2.24, 2.45) is 0 Å². The van der Waals surface area contributed by atoms with Gasteiger partial charge in [-0.05, 0) is 24.3 Å². The SMILES string of the molecule is O=C(c1cccnc1Cl)c1c[nH]c2cc(Cl)ccc12. The second kappa shape index (κ2) is 4.68. The second-order valence-electron chi connectivity index (χ2n) is 4.06. The molecule has 0 radical (unpaired) electrons. The molecule has 94 valence electrons. The van der Waals surface area contributed by atoms with E-state index in [1.165, 1.54) is 0 Å². The van der Waals surface area contributed by atoms with Gasteiger partial charge in [0, 0.05) is 33.9 Å². The van der Waals surface area contributed by atoms with E-state index in [1.807, 2.05) is 6.07 Å². The van der Waals surface area contributed by atoms with Crippen molar-refractivity contribution in [1.29, 1.82) is 0 Å². The second-order valence-corrected chi connectivity index (χ2v) is 4.86. The number of pyridine rings is 1. The van der Waals surface area contributed by atoms with Gasteiger partial charge in [0.1, 0.15) is 5.15 Å². The highest BCUT2D eigenvalue weighted by Gasteiger charge is 2.17. The third kappa shape index (κ3) is 2.11. The summed E-state index contributed by atoms with van der Waals surface area (Å²) in [4.78, 5) is 19.4. The van der Waals surface area contributed by atoms with Gasteiger partial charge in [-0.2, -0.15) is 0 Å². The fourth-order valence-corrected chi connectivity index (χ4v) is 2.36. The van der Waals surface area contributed by atoms with Crippen LogP contribution in [0.15, 0.2) is 42.7 Å². The van der Waals surface area contributed by atoms with Crippen LogP contribution >= 0.6 is 23.2 Å². The van der Waals surface area contributed by atoms with E-state index in [9.17, 15) is 4.79 Å². The van der Waals surface area contributed by atoms with Crippen LogP contribution in [-0.4, -0.2) is 15.8 Å². The van der Waals surface area contributed by atoms with Crippen LogP contribution in [0.1, 0.15) is 15.9 Å². The summed E-state index contributed by atoms with van der Waals surface area (Å²) in [5.74, 6) is -0.160. The highest BCUT2D eigenvalue weighted by atomic mass is 35.5. The number of hydrogen-bond acceptors (Lipinski definition) is 2. The molecule has 1 N–H and O–H groups in total. The number of H-pyrrole nitrogens is 1. The molecule has 3 rings (SSSR count). The molecule has 2 aromatic heterocycles. The lowest BCUT2D eigenvalue weighted by molar-refractivity contribution is 0.104. The molecule has 0 bridgehead atoms. The monoisotopic (exact) mass is 290 g/mol. The Labute approximate surface area is 119 Å². The van der Waals surface area contributed by atoms with Crippen LogP contribution in [0, 0.1) is 0 Å². The molecule has 2 heterocycles. The Kier molecular flexibility index (Phi) is 3.01. The van der Waals surface area contributed by atoms with E-state index in [2.05, 4.69) is 9.97 Å². The summed E-state index contributed by atoms with van der Waals surface area (Å²) in [7, 11) is 0. The van der Waals surface area contributed by atoms with Gasteiger partial charge < -0.3 is 4.98 Å².